The lowest BCUT2D eigenvalue weighted by atomic mass is 10.1. The summed E-state index contributed by atoms with van der Waals surface area (Å²) in [4.78, 5) is 14.8. The van der Waals surface area contributed by atoms with Gasteiger partial charge in [0, 0.05) is 13.1 Å². The number of piperidine rings is 1. The molecule has 29 heavy (non-hydrogen) atoms. The number of nitrogens with zero attached hydrogens (tertiary/aromatic N) is 2. The van der Waals surface area contributed by atoms with Crippen molar-refractivity contribution >= 4 is 21.6 Å². The molecule has 1 aliphatic rings. The van der Waals surface area contributed by atoms with Crippen LogP contribution in [0.5, 0.6) is 5.75 Å². The number of aryl methyl sites for hydroxylation is 2. The molecule has 0 atom stereocenters. The van der Waals surface area contributed by atoms with E-state index in [1.54, 1.807) is 35.2 Å². The molecule has 1 amide bonds. The zero-order chi connectivity index (χ0) is 21.0. The second-order valence-corrected chi connectivity index (χ2v) is 9.27. The number of amides is 1. The van der Waals surface area contributed by atoms with Crippen molar-refractivity contribution in [3.8, 4) is 5.75 Å². The minimum atomic E-state index is -4.01. The summed E-state index contributed by atoms with van der Waals surface area (Å²) in [6.07, 6.45) is 3.01. The van der Waals surface area contributed by atoms with Crippen LogP contribution in [0, 0.1) is 13.8 Å². The number of likely N-dealkylation sites (tertiary alicyclic amines) is 1. The Labute approximate surface area is 173 Å². The Morgan fingerprint density at radius 1 is 1.00 bits per heavy atom. The molecule has 1 heterocycles. The van der Waals surface area contributed by atoms with E-state index in [4.69, 9.17) is 4.74 Å². The number of rotatable bonds is 6. The average Bonchev–Trinajstić information content (AvgIpc) is 2.73. The summed E-state index contributed by atoms with van der Waals surface area (Å²) in [5.74, 6) is 0.0820. The van der Waals surface area contributed by atoms with Crippen LogP contribution in [0.15, 0.2) is 47.4 Å². The number of sulfonamides is 1. The third-order valence-corrected chi connectivity index (χ3v) is 6.99. The van der Waals surface area contributed by atoms with E-state index in [2.05, 4.69) is 0 Å². The van der Waals surface area contributed by atoms with Crippen molar-refractivity contribution in [2.24, 2.45) is 0 Å². The molecule has 6 nitrogen and oxygen atoms in total. The molecule has 0 bridgehead atoms. The Balaban J connectivity index is 2.03. The van der Waals surface area contributed by atoms with Crippen LogP contribution in [0.1, 0.15) is 30.4 Å². The maximum absolute atomic E-state index is 13.6. The lowest BCUT2D eigenvalue weighted by Crippen LogP contribution is -2.44. The van der Waals surface area contributed by atoms with E-state index >= 15 is 0 Å². The molecule has 0 spiro atoms. The van der Waals surface area contributed by atoms with E-state index in [-0.39, 0.29) is 23.1 Å². The van der Waals surface area contributed by atoms with Gasteiger partial charge in [0.1, 0.15) is 17.2 Å². The summed E-state index contributed by atoms with van der Waals surface area (Å²) in [6.45, 7) is 4.88. The molecule has 0 N–H and O–H groups in total. The highest BCUT2D eigenvalue weighted by Gasteiger charge is 2.31. The SMILES string of the molecule is COc1ccc(C)cc1S(=O)(=O)N(CC(=O)N1CCCCC1)c1ccc(C)cc1. The van der Waals surface area contributed by atoms with E-state index in [9.17, 15) is 13.2 Å². The zero-order valence-electron chi connectivity index (χ0n) is 17.2. The van der Waals surface area contributed by atoms with E-state index in [0.29, 0.717) is 18.8 Å². The van der Waals surface area contributed by atoms with Crippen LogP contribution >= 0.6 is 0 Å². The summed E-state index contributed by atoms with van der Waals surface area (Å²) in [7, 11) is -2.56. The van der Waals surface area contributed by atoms with Gasteiger partial charge in [-0.05, 0) is 62.9 Å². The largest absolute Gasteiger partial charge is 0.495 e. The van der Waals surface area contributed by atoms with Crippen LogP contribution in [-0.4, -0.2) is 46.0 Å². The summed E-state index contributed by atoms with van der Waals surface area (Å²) in [6, 6.07) is 12.2. The maximum atomic E-state index is 13.6. The first-order valence-corrected chi connectivity index (χ1v) is 11.3. The first-order valence-electron chi connectivity index (χ1n) is 9.85. The van der Waals surface area contributed by atoms with Gasteiger partial charge < -0.3 is 9.64 Å². The Bertz CT molecular complexity index is 965. The van der Waals surface area contributed by atoms with Gasteiger partial charge in [-0.25, -0.2) is 8.42 Å². The second-order valence-electron chi connectivity index (χ2n) is 7.44. The molecule has 2 aromatic carbocycles. The zero-order valence-corrected chi connectivity index (χ0v) is 18.0. The van der Waals surface area contributed by atoms with E-state index in [1.807, 2.05) is 26.0 Å². The van der Waals surface area contributed by atoms with Crippen LogP contribution in [0.2, 0.25) is 0 Å². The van der Waals surface area contributed by atoms with Crippen LogP contribution < -0.4 is 9.04 Å². The highest BCUT2D eigenvalue weighted by molar-refractivity contribution is 7.93. The number of anilines is 1. The third kappa shape index (κ3) is 4.72. The van der Waals surface area contributed by atoms with Gasteiger partial charge >= 0.3 is 0 Å². The predicted octanol–water partition coefficient (Wildman–Crippen LogP) is 3.52. The number of carbonyl (C=O) groups excluding carboxylic acids is 1. The second kappa shape index (κ2) is 8.86. The van der Waals surface area contributed by atoms with Gasteiger partial charge in [0.05, 0.1) is 12.8 Å². The molecule has 2 aromatic rings. The van der Waals surface area contributed by atoms with Crippen molar-refractivity contribution in [2.75, 3.05) is 31.0 Å². The molecule has 1 fully saturated rings. The van der Waals surface area contributed by atoms with Crippen molar-refractivity contribution < 1.29 is 17.9 Å². The Morgan fingerprint density at radius 3 is 2.24 bits per heavy atom. The molecule has 7 heteroatoms. The molecule has 1 aliphatic heterocycles. The van der Waals surface area contributed by atoms with Crippen molar-refractivity contribution in [1.29, 1.82) is 0 Å². The summed E-state index contributed by atoms with van der Waals surface area (Å²) < 4.78 is 33.8. The molecule has 0 aliphatic carbocycles. The van der Waals surface area contributed by atoms with Crippen LogP contribution in [0.4, 0.5) is 5.69 Å². The Hall–Kier alpha value is -2.54. The number of hydrogen-bond donors (Lipinski definition) is 0. The minimum absolute atomic E-state index is 0.0621. The van der Waals surface area contributed by atoms with E-state index in [1.165, 1.54) is 11.4 Å². The van der Waals surface area contributed by atoms with Crippen LogP contribution in [0.25, 0.3) is 0 Å². The molecule has 0 radical (unpaired) electrons. The van der Waals surface area contributed by atoms with Crippen molar-refractivity contribution in [3.63, 3.8) is 0 Å². The fourth-order valence-electron chi connectivity index (χ4n) is 3.50. The maximum Gasteiger partial charge on any atom is 0.268 e. The molecular weight excluding hydrogens is 388 g/mol. The lowest BCUT2D eigenvalue weighted by molar-refractivity contribution is -0.130. The normalized spacial score (nSPS) is 14.5. The van der Waals surface area contributed by atoms with Crippen molar-refractivity contribution in [3.05, 3.63) is 53.6 Å². The standard InChI is InChI=1S/C22H28N2O4S/c1-17-7-10-19(11-8-17)24(16-22(25)23-13-5-4-6-14-23)29(26,27)21-15-18(2)9-12-20(21)28-3/h7-12,15H,4-6,13-14,16H2,1-3H3. The smallest absolute Gasteiger partial charge is 0.268 e. The highest BCUT2D eigenvalue weighted by Crippen LogP contribution is 2.31. The molecule has 3 rings (SSSR count). The molecule has 0 aromatic heterocycles. The Morgan fingerprint density at radius 2 is 1.62 bits per heavy atom. The van der Waals surface area contributed by atoms with Gasteiger partial charge in [-0.1, -0.05) is 23.8 Å². The van der Waals surface area contributed by atoms with Crippen molar-refractivity contribution in [1.82, 2.24) is 4.90 Å². The minimum Gasteiger partial charge on any atom is -0.495 e. The monoisotopic (exact) mass is 416 g/mol. The Kier molecular flexibility index (Phi) is 6.47. The fraction of sp³-hybridized carbons (Fsp3) is 0.409. The predicted molar refractivity (Wildman–Crippen MR) is 114 cm³/mol. The van der Waals surface area contributed by atoms with Gasteiger partial charge in [-0.15, -0.1) is 0 Å². The number of hydrogen-bond acceptors (Lipinski definition) is 4. The molecular formula is C22H28N2O4S. The van der Waals surface area contributed by atoms with E-state index < -0.39 is 10.0 Å². The molecule has 0 saturated carbocycles. The van der Waals surface area contributed by atoms with Gasteiger partial charge in [0.15, 0.2) is 0 Å². The third-order valence-electron chi connectivity index (χ3n) is 5.20. The number of methoxy groups -OCH3 is 1. The lowest BCUT2D eigenvalue weighted by Gasteiger charge is -2.31. The first kappa shape index (κ1) is 21.2. The molecule has 1 saturated heterocycles. The number of ether oxygens (including phenoxy) is 1. The fourth-order valence-corrected chi connectivity index (χ4v) is 5.15. The first-order chi connectivity index (χ1) is 13.8. The quantitative estimate of drug-likeness (QED) is 0.723. The van der Waals surface area contributed by atoms with E-state index in [0.717, 1.165) is 30.4 Å². The summed E-state index contributed by atoms with van der Waals surface area (Å²) in [5.41, 5.74) is 2.28. The summed E-state index contributed by atoms with van der Waals surface area (Å²) >= 11 is 0. The topological polar surface area (TPSA) is 66.9 Å². The molecule has 0 unspecified atom stereocenters. The van der Waals surface area contributed by atoms with Crippen molar-refractivity contribution in [2.45, 2.75) is 38.0 Å². The molecule has 156 valence electrons. The summed E-state index contributed by atoms with van der Waals surface area (Å²) in [5, 5.41) is 0. The van der Waals surface area contributed by atoms with Gasteiger partial charge in [0.25, 0.3) is 10.0 Å². The van der Waals surface area contributed by atoms with Gasteiger partial charge in [-0.3, -0.25) is 9.10 Å². The number of carbonyl (C=O) groups is 1. The highest BCUT2D eigenvalue weighted by atomic mass is 32.2. The van der Waals surface area contributed by atoms with Gasteiger partial charge in [-0.2, -0.15) is 0 Å². The number of benzene rings is 2. The van der Waals surface area contributed by atoms with Gasteiger partial charge in [0.2, 0.25) is 5.91 Å². The average molecular weight is 417 g/mol. The van der Waals surface area contributed by atoms with Crippen LogP contribution in [0.3, 0.4) is 0 Å². The van der Waals surface area contributed by atoms with Crippen LogP contribution in [-0.2, 0) is 14.8 Å².